The van der Waals surface area contributed by atoms with Gasteiger partial charge in [0.05, 0.1) is 5.02 Å². The van der Waals surface area contributed by atoms with E-state index in [4.69, 9.17) is 11.6 Å². The van der Waals surface area contributed by atoms with Crippen LogP contribution in [0.5, 0.6) is 0 Å². The van der Waals surface area contributed by atoms with E-state index in [-0.39, 0.29) is 10.8 Å². The lowest BCUT2D eigenvalue weighted by Crippen LogP contribution is -2.15. The zero-order valence-electron chi connectivity index (χ0n) is 10.8. The summed E-state index contributed by atoms with van der Waals surface area (Å²) in [6.07, 6.45) is 2.41. The van der Waals surface area contributed by atoms with E-state index < -0.39 is 5.82 Å². The quantitative estimate of drug-likeness (QED) is 0.873. The third-order valence-electron chi connectivity index (χ3n) is 3.44. The van der Waals surface area contributed by atoms with Gasteiger partial charge in [0.2, 0.25) is 0 Å². The molecule has 20 heavy (non-hydrogen) atoms. The van der Waals surface area contributed by atoms with Crippen LogP contribution in [0.1, 0.15) is 18.4 Å². The van der Waals surface area contributed by atoms with Gasteiger partial charge in [-0.3, -0.25) is 0 Å². The monoisotopic (exact) mass is 293 g/mol. The third-order valence-corrected chi connectivity index (χ3v) is 3.73. The molecule has 104 valence electrons. The molecule has 0 spiro atoms. The van der Waals surface area contributed by atoms with Gasteiger partial charge >= 0.3 is 0 Å². The fraction of sp³-hybridized carbons (Fsp3) is 0.250. The first-order chi connectivity index (χ1) is 9.63. The minimum absolute atomic E-state index is 0.00127. The third kappa shape index (κ3) is 3.00. The van der Waals surface area contributed by atoms with Crippen molar-refractivity contribution in [1.29, 1.82) is 0 Å². The molecule has 1 N–H and O–H groups in total. The maximum absolute atomic E-state index is 14.1. The lowest BCUT2D eigenvalue weighted by atomic mass is 10.0. The maximum Gasteiger partial charge on any atom is 0.141 e. The topological polar surface area (TPSA) is 12.0 Å². The highest BCUT2D eigenvalue weighted by atomic mass is 35.5. The molecule has 1 nitrogen and oxygen atoms in total. The molecule has 4 heteroatoms. The zero-order valence-corrected chi connectivity index (χ0v) is 11.6. The normalized spacial score (nSPS) is 14.6. The summed E-state index contributed by atoms with van der Waals surface area (Å²) in [7, 11) is 0. The largest absolute Gasteiger partial charge is 0.310 e. The van der Waals surface area contributed by atoms with E-state index in [1.807, 2.05) is 6.07 Å². The van der Waals surface area contributed by atoms with Gasteiger partial charge in [-0.1, -0.05) is 29.8 Å². The van der Waals surface area contributed by atoms with Crippen LogP contribution in [-0.4, -0.2) is 6.04 Å². The van der Waals surface area contributed by atoms with Gasteiger partial charge in [0.25, 0.3) is 0 Å². The Labute approximate surface area is 121 Å². The second-order valence-electron chi connectivity index (χ2n) is 5.10. The van der Waals surface area contributed by atoms with Gasteiger partial charge in [0.15, 0.2) is 0 Å². The first-order valence-electron chi connectivity index (χ1n) is 6.61. The molecule has 0 radical (unpaired) electrons. The molecule has 2 aromatic rings. The minimum atomic E-state index is -0.499. The van der Waals surface area contributed by atoms with Crippen molar-refractivity contribution in [3.63, 3.8) is 0 Å². The van der Waals surface area contributed by atoms with Crippen LogP contribution < -0.4 is 5.32 Å². The lowest BCUT2D eigenvalue weighted by molar-refractivity contribution is 0.621. The molecule has 0 bridgehead atoms. The number of halogens is 3. The van der Waals surface area contributed by atoms with Crippen molar-refractivity contribution >= 4 is 11.6 Å². The molecule has 2 aromatic carbocycles. The van der Waals surface area contributed by atoms with Crippen LogP contribution in [0.25, 0.3) is 11.1 Å². The van der Waals surface area contributed by atoms with E-state index in [9.17, 15) is 8.78 Å². The number of benzene rings is 2. The standard InChI is InChI=1S/C16H14ClF2N/c17-14-8-11(2-6-15(14)18)13-5-1-10(7-16(13)19)9-20-12-3-4-12/h1-2,5-8,12,20H,3-4,9H2. The summed E-state index contributed by atoms with van der Waals surface area (Å²) in [5.74, 6) is -0.816. The maximum atomic E-state index is 14.1. The summed E-state index contributed by atoms with van der Waals surface area (Å²) in [6.45, 7) is 0.673. The van der Waals surface area contributed by atoms with Gasteiger partial charge in [-0.05, 0) is 42.2 Å². The summed E-state index contributed by atoms with van der Waals surface area (Å²) < 4.78 is 27.3. The second-order valence-corrected chi connectivity index (χ2v) is 5.51. The minimum Gasteiger partial charge on any atom is -0.310 e. The van der Waals surface area contributed by atoms with Gasteiger partial charge < -0.3 is 5.32 Å². The van der Waals surface area contributed by atoms with E-state index >= 15 is 0 Å². The Morgan fingerprint density at radius 3 is 2.50 bits per heavy atom. The van der Waals surface area contributed by atoms with Crippen molar-refractivity contribution in [2.75, 3.05) is 0 Å². The molecule has 0 saturated heterocycles. The Morgan fingerprint density at radius 2 is 1.85 bits per heavy atom. The van der Waals surface area contributed by atoms with Crippen molar-refractivity contribution in [1.82, 2.24) is 5.32 Å². The second kappa shape index (κ2) is 5.51. The van der Waals surface area contributed by atoms with Crippen molar-refractivity contribution in [3.05, 3.63) is 58.6 Å². The molecular weight excluding hydrogens is 280 g/mol. The molecule has 0 amide bonds. The summed E-state index contributed by atoms with van der Waals surface area (Å²) in [5.41, 5.74) is 1.92. The SMILES string of the molecule is Fc1ccc(-c2ccc(CNC3CC3)cc2F)cc1Cl. The van der Waals surface area contributed by atoms with E-state index in [1.54, 1.807) is 6.07 Å². The van der Waals surface area contributed by atoms with Gasteiger partial charge in [-0.2, -0.15) is 0 Å². The van der Waals surface area contributed by atoms with Gasteiger partial charge in [0, 0.05) is 18.2 Å². The smallest absolute Gasteiger partial charge is 0.141 e. The fourth-order valence-corrected chi connectivity index (χ4v) is 2.30. The molecule has 0 aromatic heterocycles. The number of nitrogens with one attached hydrogen (secondary N) is 1. The zero-order chi connectivity index (χ0) is 14.1. The highest BCUT2D eigenvalue weighted by molar-refractivity contribution is 6.31. The molecule has 3 rings (SSSR count). The molecule has 1 saturated carbocycles. The van der Waals surface area contributed by atoms with Crippen LogP contribution in [0.2, 0.25) is 5.02 Å². The van der Waals surface area contributed by atoms with Crippen molar-refractivity contribution in [2.45, 2.75) is 25.4 Å². The lowest BCUT2D eigenvalue weighted by Gasteiger charge is -2.08. The van der Waals surface area contributed by atoms with Crippen LogP contribution in [0.15, 0.2) is 36.4 Å². The van der Waals surface area contributed by atoms with Crippen LogP contribution in [0, 0.1) is 11.6 Å². The molecule has 1 aliphatic rings. The number of rotatable bonds is 4. The van der Waals surface area contributed by atoms with Gasteiger partial charge in [-0.25, -0.2) is 8.78 Å². The molecule has 0 aliphatic heterocycles. The molecular formula is C16H14ClF2N. The highest BCUT2D eigenvalue weighted by Crippen LogP contribution is 2.28. The molecule has 1 fully saturated rings. The average Bonchev–Trinajstić information content (AvgIpc) is 3.24. The Morgan fingerprint density at radius 1 is 1.05 bits per heavy atom. The molecule has 0 unspecified atom stereocenters. The Balaban J connectivity index is 1.83. The summed E-state index contributed by atoms with van der Waals surface area (Å²) >= 11 is 5.73. The predicted molar refractivity (Wildman–Crippen MR) is 76.7 cm³/mol. The molecule has 0 heterocycles. The van der Waals surface area contributed by atoms with E-state index in [1.165, 1.54) is 37.1 Å². The highest BCUT2D eigenvalue weighted by Gasteiger charge is 2.20. The van der Waals surface area contributed by atoms with Gasteiger partial charge in [0.1, 0.15) is 11.6 Å². The first kappa shape index (κ1) is 13.5. The van der Waals surface area contributed by atoms with Crippen LogP contribution in [0.4, 0.5) is 8.78 Å². The predicted octanol–water partition coefficient (Wildman–Crippen LogP) is 4.54. The van der Waals surface area contributed by atoms with Gasteiger partial charge in [-0.15, -0.1) is 0 Å². The Hall–Kier alpha value is -1.45. The van der Waals surface area contributed by atoms with Crippen LogP contribution in [-0.2, 0) is 6.54 Å². The molecule has 1 aliphatic carbocycles. The van der Waals surface area contributed by atoms with Crippen molar-refractivity contribution in [3.8, 4) is 11.1 Å². The Bertz CT molecular complexity index is 638. The first-order valence-corrected chi connectivity index (χ1v) is 6.98. The summed E-state index contributed by atoms with van der Waals surface area (Å²) in [6, 6.07) is 9.92. The Kier molecular flexibility index (Phi) is 3.72. The van der Waals surface area contributed by atoms with E-state index in [2.05, 4.69) is 5.32 Å². The van der Waals surface area contributed by atoms with Crippen molar-refractivity contribution < 1.29 is 8.78 Å². The summed E-state index contributed by atoms with van der Waals surface area (Å²) in [5, 5.41) is 3.34. The van der Waals surface area contributed by atoms with E-state index in [0.717, 1.165) is 5.56 Å². The number of hydrogen-bond acceptors (Lipinski definition) is 1. The average molecular weight is 294 g/mol. The number of hydrogen-bond donors (Lipinski definition) is 1. The van der Waals surface area contributed by atoms with Crippen LogP contribution in [0.3, 0.4) is 0 Å². The van der Waals surface area contributed by atoms with Crippen LogP contribution >= 0.6 is 11.6 Å². The van der Waals surface area contributed by atoms with E-state index in [0.29, 0.717) is 23.7 Å². The van der Waals surface area contributed by atoms with Crippen molar-refractivity contribution in [2.24, 2.45) is 0 Å². The molecule has 0 atom stereocenters. The summed E-state index contributed by atoms with van der Waals surface area (Å²) in [4.78, 5) is 0. The fourth-order valence-electron chi connectivity index (χ4n) is 2.12.